The quantitative estimate of drug-likeness (QED) is 0.244. The number of nitrogens with one attached hydrogen (secondary N) is 2. The van der Waals surface area contributed by atoms with Gasteiger partial charge in [-0.2, -0.15) is 10.5 Å². The predicted octanol–water partition coefficient (Wildman–Crippen LogP) is 4.22. The first-order chi connectivity index (χ1) is 15.3. The number of rotatable bonds is 18. The first kappa shape index (κ1) is 26.8. The van der Waals surface area contributed by atoms with Crippen LogP contribution in [0.25, 0.3) is 0 Å². The molecule has 0 aromatic carbocycles. The Morgan fingerprint density at radius 1 is 0.774 bits per heavy atom. The summed E-state index contributed by atoms with van der Waals surface area (Å²) in [6, 6.07) is 0. The standard InChI is InChI=1S/C23H40N4O4/c24-19-29-15-7-3-1-5-13-26-17-21-9-11-22(12-10-21)18-31-23(28)27-14-6-2-4-8-16-30-20-25/h21-22,26H,1-18H2,(H,27,28). The Kier molecular flexibility index (Phi) is 17.1. The molecule has 0 aromatic rings. The van der Waals surface area contributed by atoms with Crippen LogP contribution in [0.5, 0.6) is 0 Å². The smallest absolute Gasteiger partial charge is 0.407 e. The summed E-state index contributed by atoms with van der Waals surface area (Å²) in [6.45, 7) is 4.30. The van der Waals surface area contributed by atoms with Crippen LogP contribution in [0.2, 0.25) is 0 Å². The maximum atomic E-state index is 11.8. The summed E-state index contributed by atoms with van der Waals surface area (Å²) in [5, 5.41) is 22.9. The van der Waals surface area contributed by atoms with Gasteiger partial charge in [0.2, 0.25) is 0 Å². The first-order valence-electron chi connectivity index (χ1n) is 11.9. The molecule has 0 heterocycles. The van der Waals surface area contributed by atoms with Crippen molar-refractivity contribution >= 4 is 6.09 Å². The van der Waals surface area contributed by atoms with Crippen molar-refractivity contribution in [3.63, 3.8) is 0 Å². The number of nitriles is 2. The lowest BCUT2D eigenvalue weighted by molar-refractivity contribution is 0.109. The zero-order chi connectivity index (χ0) is 22.4. The summed E-state index contributed by atoms with van der Waals surface area (Å²) in [5.74, 6) is 1.21. The lowest BCUT2D eigenvalue weighted by Gasteiger charge is -2.28. The normalized spacial score (nSPS) is 17.9. The number of hydrogen-bond acceptors (Lipinski definition) is 7. The van der Waals surface area contributed by atoms with Crippen LogP contribution in [0, 0.1) is 34.9 Å². The van der Waals surface area contributed by atoms with Gasteiger partial charge in [0.05, 0.1) is 6.61 Å². The van der Waals surface area contributed by atoms with E-state index in [9.17, 15) is 4.79 Å². The van der Waals surface area contributed by atoms with Crippen LogP contribution in [0.3, 0.4) is 0 Å². The van der Waals surface area contributed by atoms with E-state index in [1.807, 2.05) is 0 Å². The highest BCUT2D eigenvalue weighted by molar-refractivity contribution is 5.67. The van der Waals surface area contributed by atoms with Crippen LogP contribution < -0.4 is 10.6 Å². The van der Waals surface area contributed by atoms with E-state index in [2.05, 4.69) is 20.1 Å². The molecule has 1 saturated carbocycles. The van der Waals surface area contributed by atoms with E-state index >= 15 is 0 Å². The summed E-state index contributed by atoms with van der Waals surface area (Å²) >= 11 is 0. The fourth-order valence-corrected chi connectivity index (χ4v) is 3.87. The number of ether oxygens (including phenoxy) is 3. The van der Waals surface area contributed by atoms with Crippen molar-refractivity contribution in [3.8, 4) is 12.5 Å². The second-order valence-electron chi connectivity index (χ2n) is 8.32. The van der Waals surface area contributed by atoms with Gasteiger partial charge in [0.15, 0.2) is 0 Å². The number of carbonyl (C=O) groups is 1. The largest absolute Gasteiger partial charge is 0.449 e. The highest BCUT2D eigenvalue weighted by Gasteiger charge is 2.22. The minimum Gasteiger partial charge on any atom is -0.449 e. The lowest BCUT2D eigenvalue weighted by Crippen LogP contribution is -2.30. The van der Waals surface area contributed by atoms with E-state index in [-0.39, 0.29) is 6.09 Å². The lowest BCUT2D eigenvalue weighted by atomic mass is 9.82. The highest BCUT2D eigenvalue weighted by Crippen LogP contribution is 2.28. The summed E-state index contributed by atoms with van der Waals surface area (Å²) in [6.07, 6.45) is 15.9. The Balaban J connectivity index is 1.89. The fourth-order valence-electron chi connectivity index (χ4n) is 3.87. The molecule has 0 atom stereocenters. The Labute approximate surface area is 187 Å². The number of carbonyl (C=O) groups excluding carboxylic acids is 1. The summed E-state index contributed by atoms with van der Waals surface area (Å²) in [5.41, 5.74) is 0. The first-order valence-corrected chi connectivity index (χ1v) is 11.9. The Morgan fingerprint density at radius 3 is 1.94 bits per heavy atom. The third-order valence-electron chi connectivity index (χ3n) is 5.77. The van der Waals surface area contributed by atoms with E-state index in [4.69, 9.17) is 15.3 Å². The van der Waals surface area contributed by atoms with Crippen LogP contribution in [0.1, 0.15) is 77.0 Å². The molecule has 1 rings (SSSR count). The van der Waals surface area contributed by atoms with Gasteiger partial charge in [0, 0.05) is 6.54 Å². The average molecular weight is 437 g/mol. The molecule has 1 aliphatic rings. The Hall–Kier alpha value is -2.19. The molecule has 0 bridgehead atoms. The topological polar surface area (TPSA) is 116 Å². The van der Waals surface area contributed by atoms with Gasteiger partial charge in [0.1, 0.15) is 13.2 Å². The molecule has 0 unspecified atom stereocenters. The van der Waals surface area contributed by atoms with E-state index in [0.717, 1.165) is 70.4 Å². The van der Waals surface area contributed by atoms with Crippen molar-refractivity contribution in [3.05, 3.63) is 0 Å². The minimum atomic E-state index is -0.309. The van der Waals surface area contributed by atoms with Crippen molar-refractivity contribution in [2.75, 3.05) is 39.5 Å². The highest BCUT2D eigenvalue weighted by atomic mass is 16.5. The fraction of sp³-hybridized carbons (Fsp3) is 0.870. The van der Waals surface area contributed by atoms with E-state index < -0.39 is 0 Å². The number of unbranched alkanes of at least 4 members (excludes halogenated alkanes) is 6. The number of nitrogens with zero attached hydrogens (tertiary/aromatic N) is 2. The van der Waals surface area contributed by atoms with Gasteiger partial charge in [-0.25, -0.2) is 4.79 Å². The van der Waals surface area contributed by atoms with E-state index in [0.29, 0.717) is 32.3 Å². The molecule has 176 valence electrons. The molecule has 31 heavy (non-hydrogen) atoms. The molecule has 0 aliphatic heterocycles. The molecule has 0 saturated heterocycles. The number of amides is 1. The second-order valence-corrected chi connectivity index (χ2v) is 8.32. The predicted molar refractivity (Wildman–Crippen MR) is 118 cm³/mol. The summed E-state index contributed by atoms with van der Waals surface area (Å²) in [7, 11) is 0. The Morgan fingerprint density at radius 2 is 1.32 bits per heavy atom. The molecule has 0 aromatic heterocycles. The van der Waals surface area contributed by atoms with Gasteiger partial charge in [-0.3, -0.25) is 0 Å². The van der Waals surface area contributed by atoms with Crippen LogP contribution in [0.15, 0.2) is 0 Å². The molecule has 0 radical (unpaired) electrons. The molecular formula is C23H40N4O4. The molecule has 1 aliphatic carbocycles. The SMILES string of the molecule is N#COCCCCCCNCC1CCC(COC(=O)NCCCCCCOC#N)CC1. The van der Waals surface area contributed by atoms with Crippen molar-refractivity contribution in [2.45, 2.75) is 77.0 Å². The maximum absolute atomic E-state index is 11.8. The van der Waals surface area contributed by atoms with Gasteiger partial charge in [0.25, 0.3) is 12.5 Å². The molecule has 1 fully saturated rings. The molecular weight excluding hydrogens is 396 g/mol. The van der Waals surface area contributed by atoms with E-state index in [1.165, 1.54) is 25.7 Å². The summed E-state index contributed by atoms with van der Waals surface area (Å²) < 4.78 is 14.7. The van der Waals surface area contributed by atoms with Crippen LogP contribution in [0.4, 0.5) is 4.79 Å². The van der Waals surface area contributed by atoms with Gasteiger partial charge in [-0.05, 0) is 89.1 Å². The van der Waals surface area contributed by atoms with Gasteiger partial charge >= 0.3 is 6.09 Å². The second kappa shape index (κ2) is 19.8. The number of hydrogen-bond donors (Lipinski definition) is 2. The van der Waals surface area contributed by atoms with Gasteiger partial charge < -0.3 is 24.8 Å². The van der Waals surface area contributed by atoms with E-state index in [1.54, 1.807) is 12.5 Å². The zero-order valence-electron chi connectivity index (χ0n) is 18.9. The third kappa shape index (κ3) is 16.2. The molecule has 0 spiro atoms. The van der Waals surface area contributed by atoms with Crippen molar-refractivity contribution in [1.82, 2.24) is 10.6 Å². The van der Waals surface area contributed by atoms with Crippen LogP contribution in [-0.4, -0.2) is 45.5 Å². The molecule has 8 nitrogen and oxygen atoms in total. The molecule has 2 N–H and O–H groups in total. The van der Waals surface area contributed by atoms with Gasteiger partial charge in [-0.15, -0.1) is 0 Å². The molecule has 1 amide bonds. The zero-order valence-corrected chi connectivity index (χ0v) is 18.9. The van der Waals surface area contributed by atoms with Gasteiger partial charge in [-0.1, -0.05) is 12.8 Å². The van der Waals surface area contributed by atoms with Crippen LogP contribution in [-0.2, 0) is 14.2 Å². The third-order valence-corrected chi connectivity index (χ3v) is 5.77. The molecule has 8 heteroatoms. The van der Waals surface area contributed by atoms with Crippen LogP contribution >= 0.6 is 0 Å². The summed E-state index contributed by atoms with van der Waals surface area (Å²) in [4.78, 5) is 11.8. The minimum absolute atomic E-state index is 0.309. The van der Waals surface area contributed by atoms with Crippen molar-refractivity contribution in [1.29, 1.82) is 10.5 Å². The Bertz CT molecular complexity index is 525. The maximum Gasteiger partial charge on any atom is 0.407 e. The average Bonchev–Trinajstić information content (AvgIpc) is 2.79. The van der Waals surface area contributed by atoms with Crippen molar-refractivity contribution in [2.24, 2.45) is 11.8 Å². The van der Waals surface area contributed by atoms with Crippen molar-refractivity contribution < 1.29 is 19.0 Å². The monoisotopic (exact) mass is 436 g/mol. The number of alkyl carbamates (subject to hydrolysis) is 1.